The van der Waals surface area contributed by atoms with E-state index in [1.165, 1.54) is 6.07 Å². The van der Waals surface area contributed by atoms with Gasteiger partial charge in [-0.15, -0.1) is 0 Å². The summed E-state index contributed by atoms with van der Waals surface area (Å²) in [7, 11) is 0. The highest BCUT2D eigenvalue weighted by molar-refractivity contribution is 6.31. The van der Waals surface area contributed by atoms with Gasteiger partial charge in [-0.25, -0.2) is 8.78 Å². The topological polar surface area (TPSA) is 69.2 Å². The van der Waals surface area contributed by atoms with Crippen LogP contribution in [-0.4, -0.2) is 17.9 Å². The number of benzene rings is 1. The number of alkyl halides is 2. The molecule has 7 heteroatoms. The molecule has 0 saturated heterocycles. The molecule has 1 atom stereocenters. The minimum atomic E-state index is -2.70. The lowest BCUT2D eigenvalue weighted by atomic mass is 9.99. The number of nitrogens with two attached hydrogens (primary N) is 1. The Morgan fingerprint density at radius 1 is 1.50 bits per heavy atom. The molecule has 16 heavy (non-hydrogen) atoms. The van der Waals surface area contributed by atoms with Crippen molar-refractivity contribution in [3.63, 3.8) is 0 Å². The van der Waals surface area contributed by atoms with Gasteiger partial charge in [-0.2, -0.15) is 0 Å². The molecule has 0 spiro atoms. The van der Waals surface area contributed by atoms with Crippen molar-refractivity contribution in [3.05, 3.63) is 38.9 Å². The quantitative estimate of drug-likeness (QED) is 0.659. The van der Waals surface area contributed by atoms with Gasteiger partial charge in [-0.3, -0.25) is 10.1 Å². The summed E-state index contributed by atoms with van der Waals surface area (Å²) < 4.78 is 25.2. The zero-order valence-electron chi connectivity index (χ0n) is 8.07. The van der Waals surface area contributed by atoms with Gasteiger partial charge < -0.3 is 5.73 Å². The summed E-state index contributed by atoms with van der Waals surface area (Å²) in [5.41, 5.74) is 4.92. The van der Waals surface area contributed by atoms with Gasteiger partial charge in [0, 0.05) is 23.7 Å². The Morgan fingerprint density at radius 2 is 2.12 bits per heavy atom. The standard InChI is InChI=1S/C9H9ClF2N2O2/c10-8-2-1-5(14(15)16)3-6(8)7(4-13)9(11)12/h1-3,7,9H,4,13H2. The van der Waals surface area contributed by atoms with Crippen LogP contribution >= 0.6 is 11.6 Å². The SMILES string of the molecule is NCC(c1cc([N+](=O)[O-])ccc1Cl)C(F)F. The van der Waals surface area contributed by atoms with E-state index in [2.05, 4.69) is 0 Å². The highest BCUT2D eigenvalue weighted by Crippen LogP contribution is 2.31. The second-order valence-electron chi connectivity index (χ2n) is 3.14. The summed E-state index contributed by atoms with van der Waals surface area (Å²) in [5.74, 6) is -1.28. The highest BCUT2D eigenvalue weighted by Gasteiger charge is 2.25. The molecule has 0 aliphatic heterocycles. The molecule has 2 N–H and O–H groups in total. The van der Waals surface area contributed by atoms with E-state index in [1.807, 2.05) is 0 Å². The molecule has 0 heterocycles. The second-order valence-corrected chi connectivity index (χ2v) is 3.55. The first-order valence-corrected chi connectivity index (χ1v) is 4.77. The summed E-state index contributed by atoms with van der Waals surface area (Å²) in [6.45, 7) is -0.321. The first kappa shape index (κ1) is 12.8. The zero-order chi connectivity index (χ0) is 12.3. The Labute approximate surface area is 95.2 Å². The average Bonchev–Trinajstić information content (AvgIpc) is 2.20. The number of non-ortho nitro benzene ring substituents is 1. The van der Waals surface area contributed by atoms with Gasteiger partial charge in [-0.1, -0.05) is 11.6 Å². The van der Waals surface area contributed by atoms with E-state index in [1.54, 1.807) is 0 Å². The monoisotopic (exact) mass is 250 g/mol. The predicted octanol–water partition coefficient (Wildman–Crippen LogP) is 2.56. The fourth-order valence-electron chi connectivity index (χ4n) is 1.29. The summed E-state index contributed by atoms with van der Waals surface area (Å²) in [5, 5.41) is 10.5. The molecule has 1 rings (SSSR count). The number of nitro benzene ring substituents is 1. The second kappa shape index (κ2) is 5.18. The van der Waals surface area contributed by atoms with Crippen LogP contribution in [0.4, 0.5) is 14.5 Å². The van der Waals surface area contributed by atoms with E-state index in [0.717, 1.165) is 12.1 Å². The molecule has 88 valence electrons. The Bertz CT molecular complexity index is 401. The molecular formula is C9H9ClF2N2O2. The number of hydrogen-bond donors (Lipinski definition) is 1. The number of hydrogen-bond acceptors (Lipinski definition) is 3. The van der Waals surface area contributed by atoms with Crippen LogP contribution in [-0.2, 0) is 0 Å². The molecule has 0 amide bonds. The van der Waals surface area contributed by atoms with E-state index < -0.39 is 17.3 Å². The van der Waals surface area contributed by atoms with Crippen molar-refractivity contribution in [1.29, 1.82) is 0 Å². The molecule has 0 radical (unpaired) electrons. The summed E-state index contributed by atoms with van der Waals surface area (Å²) >= 11 is 5.71. The van der Waals surface area contributed by atoms with Crippen LogP contribution in [0.2, 0.25) is 5.02 Å². The maximum atomic E-state index is 12.6. The van der Waals surface area contributed by atoms with E-state index in [4.69, 9.17) is 17.3 Å². The van der Waals surface area contributed by atoms with Crippen molar-refractivity contribution in [2.45, 2.75) is 12.3 Å². The van der Waals surface area contributed by atoms with Crippen molar-refractivity contribution in [2.75, 3.05) is 6.54 Å². The largest absolute Gasteiger partial charge is 0.330 e. The maximum Gasteiger partial charge on any atom is 0.269 e. The predicted molar refractivity (Wildman–Crippen MR) is 55.9 cm³/mol. The molecule has 0 aliphatic carbocycles. The van der Waals surface area contributed by atoms with Crippen molar-refractivity contribution >= 4 is 17.3 Å². The first-order chi connectivity index (χ1) is 7.47. The first-order valence-electron chi connectivity index (χ1n) is 4.39. The zero-order valence-corrected chi connectivity index (χ0v) is 8.82. The highest BCUT2D eigenvalue weighted by atomic mass is 35.5. The van der Waals surface area contributed by atoms with Gasteiger partial charge >= 0.3 is 0 Å². The Morgan fingerprint density at radius 3 is 2.56 bits per heavy atom. The molecule has 4 nitrogen and oxygen atoms in total. The van der Waals surface area contributed by atoms with Gasteiger partial charge in [0.2, 0.25) is 6.43 Å². The molecule has 0 saturated carbocycles. The number of halogens is 3. The van der Waals surface area contributed by atoms with Gasteiger partial charge in [0.05, 0.1) is 10.8 Å². The molecule has 1 unspecified atom stereocenters. The molecule has 0 fully saturated rings. The van der Waals surface area contributed by atoms with Gasteiger partial charge in [0.1, 0.15) is 0 Å². The fraction of sp³-hybridized carbons (Fsp3) is 0.333. The lowest BCUT2D eigenvalue weighted by Gasteiger charge is -2.15. The van der Waals surface area contributed by atoms with Gasteiger partial charge in [0.25, 0.3) is 5.69 Å². The van der Waals surface area contributed by atoms with Crippen LogP contribution in [0.5, 0.6) is 0 Å². The summed E-state index contributed by atoms with van der Waals surface area (Å²) in [4.78, 5) is 9.82. The Hall–Kier alpha value is -1.27. The summed E-state index contributed by atoms with van der Waals surface area (Å²) in [6, 6.07) is 3.41. The normalized spacial score (nSPS) is 12.8. The van der Waals surface area contributed by atoms with Crippen LogP contribution in [0.15, 0.2) is 18.2 Å². The molecule has 0 aromatic heterocycles. The van der Waals surface area contributed by atoms with Crippen LogP contribution in [0.1, 0.15) is 11.5 Å². The molecule has 0 aliphatic rings. The van der Waals surface area contributed by atoms with Gasteiger partial charge in [-0.05, 0) is 11.6 Å². The number of nitro groups is 1. The van der Waals surface area contributed by atoms with Crippen LogP contribution in [0.3, 0.4) is 0 Å². The molecule has 0 bridgehead atoms. The maximum absolute atomic E-state index is 12.6. The lowest BCUT2D eigenvalue weighted by Crippen LogP contribution is -2.20. The third-order valence-electron chi connectivity index (χ3n) is 2.15. The Balaban J connectivity index is 3.19. The lowest BCUT2D eigenvalue weighted by molar-refractivity contribution is -0.384. The van der Waals surface area contributed by atoms with Crippen molar-refractivity contribution < 1.29 is 13.7 Å². The van der Waals surface area contributed by atoms with E-state index in [0.29, 0.717) is 0 Å². The minimum absolute atomic E-state index is 0.00775. The van der Waals surface area contributed by atoms with Crippen LogP contribution in [0, 0.1) is 10.1 Å². The van der Waals surface area contributed by atoms with E-state index >= 15 is 0 Å². The van der Waals surface area contributed by atoms with Crippen molar-refractivity contribution in [3.8, 4) is 0 Å². The molecule has 1 aromatic rings. The van der Waals surface area contributed by atoms with Crippen molar-refractivity contribution in [2.24, 2.45) is 5.73 Å². The number of nitrogens with zero attached hydrogens (tertiary/aromatic N) is 1. The van der Waals surface area contributed by atoms with E-state index in [-0.39, 0.29) is 22.8 Å². The third-order valence-corrected chi connectivity index (χ3v) is 2.49. The smallest absolute Gasteiger partial charge is 0.269 e. The molecule has 1 aromatic carbocycles. The molecular weight excluding hydrogens is 242 g/mol. The van der Waals surface area contributed by atoms with Gasteiger partial charge in [0.15, 0.2) is 0 Å². The summed E-state index contributed by atoms with van der Waals surface area (Å²) in [6.07, 6.45) is -2.70. The number of rotatable bonds is 4. The van der Waals surface area contributed by atoms with Crippen molar-refractivity contribution in [1.82, 2.24) is 0 Å². The van der Waals surface area contributed by atoms with Crippen LogP contribution in [0.25, 0.3) is 0 Å². The third kappa shape index (κ3) is 2.65. The van der Waals surface area contributed by atoms with Crippen LogP contribution < -0.4 is 5.73 Å². The Kier molecular flexibility index (Phi) is 4.14. The van der Waals surface area contributed by atoms with E-state index in [9.17, 15) is 18.9 Å². The minimum Gasteiger partial charge on any atom is -0.330 e. The average molecular weight is 251 g/mol. The fourth-order valence-corrected chi connectivity index (χ4v) is 1.55.